The van der Waals surface area contributed by atoms with Gasteiger partial charge in [-0.2, -0.15) is 0 Å². The van der Waals surface area contributed by atoms with Gasteiger partial charge in [-0.25, -0.2) is 4.79 Å². The number of halogens is 1. The quantitative estimate of drug-likeness (QED) is 0.806. The fourth-order valence-corrected chi connectivity index (χ4v) is 3.35. The highest BCUT2D eigenvalue weighted by Gasteiger charge is 2.38. The third-order valence-corrected chi connectivity index (χ3v) is 4.69. The van der Waals surface area contributed by atoms with Gasteiger partial charge in [-0.1, -0.05) is 41.9 Å². The summed E-state index contributed by atoms with van der Waals surface area (Å²) in [5.74, 6) is -0.709. The third-order valence-electron chi connectivity index (χ3n) is 4.44. The van der Waals surface area contributed by atoms with E-state index >= 15 is 0 Å². The molecule has 2 N–H and O–H groups in total. The number of rotatable bonds is 3. The van der Waals surface area contributed by atoms with Crippen LogP contribution in [0.4, 0.5) is 4.79 Å². The summed E-state index contributed by atoms with van der Waals surface area (Å²) in [7, 11) is 0. The average Bonchev–Trinajstić information content (AvgIpc) is 2.54. The van der Waals surface area contributed by atoms with Crippen LogP contribution in [-0.4, -0.2) is 11.8 Å². The van der Waals surface area contributed by atoms with E-state index in [4.69, 9.17) is 11.6 Å². The first-order valence-electron chi connectivity index (χ1n) is 8.00. The Bertz CT molecular complexity index is 858. The molecule has 128 valence electrons. The van der Waals surface area contributed by atoms with Gasteiger partial charge in [-0.05, 0) is 49.2 Å². The molecule has 0 aliphatic carbocycles. The van der Waals surface area contributed by atoms with E-state index in [0.717, 1.165) is 16.7 Å². The third kappa shape index (κ3) is 3.44. The van der Waals surface area contributed by atoms with Crippen molar-refractivity contribution in [2.24, 2.45) is 5.92 Å². The number of carbonyl (C=O) groups excluding carboxylic acids is 2. The maximum absolute atomic E-state index is 13.1. The molecule has 1 heterocycles. The summed E-state index contributed by atoms with van der Waals surface area (Å²) >= 11 is 5.91. The van der Waals surface area contributed by atoms with Crippen LogP contribution in [-0.2, 0) is 0 Å². The van der Waals surface area contributed by atoms with Crippen LogP contribution in [0.3, 0.4) is 0 Å². The lowest BCUT2D eigenvalue weighted by Gasteiger charge is -2.34. The summed E-state index contributed by atoms with van der Waals surface area (Å²) in [6, 6.07) is 11.9. The van der Waals surface area contributed by atoms with Gasteiger partial charge in [0.2, 0.25) is 0 Å². The van der Waals surface area contributed by atoms with E-state index in [1.165, 1.54) is 0 Å². The average molecular weight is 355 g/mol. The lowest BCUT2D eigenvalue weighted by molar-refractivity contribution is 0.0905. The summed E-state index contributed by atoms with van der Waals surface area (Å²) in [6.07, 6.45) is 0. The molecule has 5 heteroatoms. The molecule has 1 fully saturated rings. The minimum Gasteiger partial charge on any atom is -0.330 e. The van der Waals surface area contributed by atoms with Crippen LogP contribution in [0, 0.1) is 19.8 Å². The van der Waals surface area contributed by atoms with Crippen LogP contribution >= 0.6 is 11.6 Å². The van der Waals surface area contributed by atoms with Gasteiger partial charge in [0.15, 0.2) is 5.78 Å². The van der Waals surface area contributed by atoms with Gasteiger partial charge >= 0.3 is 6.03 Å². The second kappa shape index (κ2) is 6.73. The van der Waals surface area contributed by atoms with E-state index < -0.39 is 12.0 Å². The van der Waals surface area contributed by atoms with Gasteiger partial charge in [0.05, 0.1) is 12.0 Å². The van der Waals surface area contributed by atoms with Crippen molar-refractivity contribution in [2.45, 2.75) is 19.9 Å². The predicted octanol–water partition coefficient (Wildman–Crippen LogP) is 4.32. The number of ketones is 1. The van der Waals surface area contributed by atoms with E-state index in [2.05, 4.69) is 17.2 Å². The van der Waals surface area contributed by atoms with Crippen molar-refractivity contribution in [1.29, 1.82) is 0 Å². The zero-order valence-electron chi connectivity index (χ0n) is 14.1. The van der Waals surface area contributed by atoms with Crippen LogP contribution in [0.25, 0.3) is 0 Å². The lowest BCUT2D eigenvalue weighted by Crippen LogP contribution is -2.50. The molecule has 0 radical (unpaired) electrons. The fraction of sp³-hybridized carbons (Fsp3) is 0.200. The second-order valence-electron chi connectivity index (χ2n) is 6.31. The normalized spacial score (nSPS) is 20.0. The van der Waals surface area contributed by atoms with Crippen LogP contribution < -0.4 is 10.6 Å². The molecule has 4 nitrogen and oxygen atoms in total. The summed E-state index contributed by atoms with van der Waals surface area (Å²) < 4.78 is 0. The Hall–Kier alpha value is -2.59. The van der Waals surface area contributed by atoms with Gasteiger partial charge in [0.1, 0.15) is 0 Å². The molecule has 25 heavy (non-hydrogen) atoms. The minimum absolute atomic E-state index is 0.112. The van der Waals surface area contributed by atoms with Crippen molar-refractivity contribution in [2.75, 3.05) is 0 Å². The van der Waals surface area contributed by atoms with E-state index in [1.807, 2.05) is 32.0 Å². The highest BCUT2D eigenvalue weighted by molar-refractivity contribution is 6.30. The molecular formula is C20H19ClN2O2. The smallest absolute Gasteiger partial charge is 0.319 e. The summed E-state index contributed by atoms with van der Waals surface area (Å²) in [6.45, 7) is 7.90. The largest absolute Gasteiger partial charge is 0.330 e. The summed E-state index contributed by atoms with van der Waals surface area (Å²) in [4.78, 5) is 25.1. The Balaban J connectivity index is 2.03. The predicted molar refractivity (Wildman–Crippen MR) is 98.7 cm³/mol. The summed E-state index contributed by atoms with van der Waals surface area (Å²) in [5, 5.41) is 6.07. The molecule has 1 saturated heterocycles. The Morgan fingerprint density at radius 3 is 2.44 bits per heavy atom. The zero-order chi connectivity index (χ0) is 18.1. The number of hydrogen-bond acceptors (Lipinski definition) is 2. The Kier molecular flexibility index (Phi) is 4.64. The molecule has 0 bridgehead atoms. The Morgan fingerprint density at radius 1 is 1.12 bits per heavy atom. The van der Waals surface area contributed by atoms with Gasteiger partial charge in [-0.15, -0.1) is 0 Å². The molecule has 0 unspecified atom stereocenters. The van der Waals surface area contributed by atoms with Crippen molar-refractivity contribution < 1.29 is 9.59 Å². The summed E-state index contributed by atoms with van der Waals surface area (Å²) in [5.41, 5.74) is 3.99. The lowest BCUT2D eigenvalue weighted by atomic mass is 9.82. The highest BCUT2D eigenvalue weighted by Crippen LogP contribution is 2.34. The topological polar surface area (TPSA) is 58.2 Å². The molecule has 0 saturated carbocycles. The minimum atomic E-state index is -0.597. The number of aryl methyl sites for hydroxylation is 2. The maximum atomic E-state index is 13.1. The van der Waals surface area contributed by atoms with Crippen molar-refractivity contribution in [3.05, 3.63) is 82.0 Å². The molecule has 2 amide bonds. The number of hydrogen-bond donors (Lipinski definition) is 2. The van der Waals surface area contributed by atoms with Crippen molar-refractivity contribution >= 4 is 23.4 Å². The molecule has 2 atom stereocenters. The Morgan fingerprint density at radius 2 is 1.80 bits per heavy atom. The number of carbonyl (C=O) groups is 2. The first-order valence-corrected chi connectivity index (χ1v) is 8.38. The number of nitrogens with one attached hydrogen (secondary N) is 2. The maximum Gasteiger partial charge on any atom is 0.319 e. The van der Waals surface area contributed by atoms with Crippen molar-refractivity contribution in [1.82, 2.24) is 10.6 Å². The monoisotopic (exact) mass is 354 g/mol. The number of urea groups is 1. The van der Waals surface area contributed by atoms with Crippen LogP contribution in [0.5, 0.6) is 0 Å². The number of amides is 2. The van der Waals surface area contributed by atoms with Crippen LogP contribution in [0.2, 0.25) is 5.02 Å². The molecule has 2 aromatic carbocycles. The molecular weight excluding hydrogens is 336 g/mol. The molecule has 0 spiro atoms. The number of benzene rings is 2. The molecule has 1 aliphatic heterocycles. The van der Waals surface area contributed by atoms with Gasteiger partial charge < -0.3 is 10.6 Å². The van der Waals surface area contributed by atoms with E-state index in [0.29, 0.717) is 16.3 Å². The number of Topliss-reactive ketones (excluding diaryl/α,β-unsaturated/α-hetero) is 1. The van der Waals surface area contributed by atoms with Crippen LogP contribution in [0.1, 0.15) is 33.1 Å². The van der Waals surface area contributed by atoms with Crippen LogP contribution in [0.15, 0.2) is 54.7 Å². The van der Waals surface area contributed by atoms with E-state index in [9.17, 15) is 9.59 Å². The highest BCUT2D eigenvalue weighted by atomic mass is 35.5. The zero-order valence-corrected chi connectivity index (χ0v) is 14.9. The molecule has 2 aromatic rings. The fourth-order valence-electron chi connectivity index (χ4n) is 3.22. The van der Waals surface area contributed by atoms with Gasteiger partial charge in [0, 0.05) is 16.3 Å². The molecule has 1 aliphatic rings. The van der Waals surface area contributed by atoms with Gasteiger partial charge in [0.25, 0.3) is 0 Å². The van der Waals surface area contributed by atoms with Crippen molar-refractivity contribution in [3.63, 3.8) is 0 Å². The molecule has 0 aromatic heterocycles. The first kappa shape index (κ1) is 17.2. The molecule has 3 rings (SSSR count). The second-order valence-corrected chi connectivity index (χ2v) is 6.75. The first-order chi connectivity index (χ1) is 11.9. The van der Waals surface area contributed by atoms with E-state index in [-0.39, 0.29) is 11.8 Å². The van der Waals surface area contributed by atoms with E-state index in [1.54, 1.807) is 24.3 Å². The standard InChI is InChI=1S/C20H19ClN2O2/c1-11-4-9-16(12(2)10-11)18-17(13(3)22-20(25)23-18)19(24)14-5-7-15(21)8-6-14/h4-10,17-18H,3H2,1-2H3,(H2,22,23,25)/t17-,18+/m0/s1. The van der Waals surface area contributed by atoms with Crippen molar-refractivity contribution in [3.8, 4) is 0 Å². The SMILES string of the molecule is C=C1NC(=O)N[C@H](c2ccc(C)cc2C)[C@H]1C(=O)c1ccc(Cl)cc1. The Labute approximate surface area is 151 Å². The van der Waals surface area contributed by atoms with Gasteiger partial charge in [-0.3, -0.25) is 4.79 Å².